The molecule has 0 bridgehead atoms. The lowest BCUT2D eigenvalue weighted by Crippen LogP contribution is -1.96. The van der Waals surface area contributed by atoms with Crippen molar-refractivity contribution in [3.63, 3.8) is 0 Å². The predicted octanol–water partition coefficient (Wildman–Crippen LogP) is 2.74. The van der Waals surface area contributed by atoms with Crippen molar-refractivity contribution in [3.05, 3.63) is 17.2 Å². The summed E-state index contributed by atoms with van der Waals surface area (Å²) in [5, 5.41) is 0. The lowest BCUT2D eigenvalue weighted by Gasteiger charge is -2.00. The monoisotopic (exact) mass is 182 g/mol. The van der Waals surface area contributed by atoms with E-state index in [9.17, 15) is 0 Å². The van der Waals surface area contributed by atoms with Crippen molar-refractivity contribution in [1.29, 1.82) is 0 Å². The molecule has 2 rings (SSSR count). The fourth-order valence-corrected chi connectivity index (χ4v) is 1.70. The predicted molar refractivity (Wildman–Crippen MR) is 51.6 cm³/mol. The van der Waals surface area contributed by atoms with Crippen LogP contribution in [0.25, 0.3) is 0 Å². The van der Waals surface area contributed by atoms with Gasteiger partial charge in [-0.2, -0.15) is 0 Å². The molecule has 0 aromatic carbocycles. The van der Waals surface area contributed by atoms with Crippen LogP contribution < -0.4 is 0 Å². The highest BCUT2D eigenvalue weighted by Crippen LogP contribution is 2.33. The minimum absolute atomic E-state index is 0.853. The number of rotatable bonds is 4. The molecule has 2 nitrogen and oxygen atoms in total. The van der Waals surface area contributed by atoms with E-state index >= 15 is 0 Å². The van der Waals surface area contributed by atoms with Gasteiger partial charge in [0.25, 0.3) is 0 Å². The molecule has 1 aromatic heterocycles. The number of aromatic nitrogens is 2. The molecule has 0 saturated heterocycles. The molecule has 1 N–H and O–H groups in total. The van der Waals surface area contributed by atoms with Crippen LogP contribution in [-0.4, -0.2) is 9.55 Å². The average molecular weight is 182 g/mol. The Morgan fingerprint density at radius 1 is 1.58 bits per heavy atom. The SMILES string of the molecule is S=c1[nH]ccn1CCCC1CC1. The number of hydrogen-bond acceptors (Lipinski definition) is 1. The van der Waals surface area contributed by atoms with E-state index in [1.165, 1.54) is 25.7 Å². The van der Waals surface area contributed by atoms with Gasteiger partial charge in [0.2, 0.25) is 0 Å². The highest BCUT2D eigenvalue weighted by Gasteiger charge is 2.19. The van der Waals surface area contributed by atoms with Crippen molar-refractivity contribution in [2.45, 2.75) is 32.2 Å². The first-order chi connectivity index (χ1) is 5.86. The maximum Gasteiger partial charge on any atom is 0.177 e. The maximum absolute atomic E-state index is 5.09. The topological polar surface area (TPSA) is 20.7 Å². The van der Waals surface area contributed by atoms with Crippen molar-refractivity contribution in [2.24, 2.45) is 5.92 Å². The Morgan fingerprint density at radius 2 is 2.42 bits per heavy atom. The Kier molecular flexibility index (Phi) is 2.30. The van der Waals surface area contributed by atoms with Crippen LogP contribution in [0.1, 0.15) is 25.7 Å². The van der Waals surface area contributed by atoms with Gasteiger partial charge in [-0.25, -0.2) is 0 Å². The molecule has 1 saturated carbocycles. The van der Waals surface area contributed by atoms with E-state index in [0.717, 1.165) is 17.2 Å². The summed E-state index contributed by atoms with van der Waals surface area (Å²) in [7, 11) is 0. The van der Waals surface area contributed by atoms with Crippen molar-refractivity contribution < 1.29 is 0 Å². The van der Waals surface area contributed by atoms with Crippen LogP contribution >= 0.6 is 12.2 Å². The smallest absolute Gasteiger partial charge is 0.177 e. The minimum atomic E-state index is 0.853. The highest BCUT2D eigenvalue weighted by atomic mass is 32.1. The number of hydrogen-bond donors (Lipinski definition) is 1. The van der Waals surface area contributed by atoms with E-state index in [0.29, 0.717) is 0 Å². The Bertz CT molecular complexity index is 295. The van der Waals surface area contributed by atoms with Gasteiger partial charge in [-0.15, -0.1) is 0 Å². The summed E-state index contributed by atoms with van der Waals surface area (Å²) in [4.78, 5) is 3.00. The minimum Gasteiger partial charge on any atom is -0.337 e. The molecule has 0 spiro atoms. The molecule has 1 aliphatic rings. The van der Waals surface area contributed by atoms with Crippen LogP contribution in [0.2, 0.25) is 0 Å². The lowest BCUT2D eigenvalue weighted by molar-refractivity contribution is 0.573. The number of nitrogens with zero attached hydrogens (tertiary/aromatic N) is 1. The van der Waals surface area contributed by atoms with Gasteiger partial charge in [0.05, 0.1) is 0 Å². The number of imidazole rings is 1. The third-order valence-electron chi connectivity index (χ3n) is 2.43. The van der Waals surface area contributed by atoms with Crippen LogP contribution in [-0.2, 0) is 6.54 Å². The summed E-state index contributed by atoms with van der Waals surface area (Å²) in [6.45, 7) is 1.08. The second-order valence-corrected chi connectivity index (χ2v) is 3.93. The highest BCUT2D eigenvalue weighted by molar-refractivity contribution is 7.71. The number of aryl methyl sites for hydroxylation is 1. The molecule has 66 valence electrons. The summed E-state index contributed by atoms with van der Waals surface area (Å²) < 4.78 is 2.96. The number of aromatic amines is 1. The Hall–Kier alpha value is -0.570. The third-order valence-corrected chi connectivity index (χ3v) is 2.78. The van der Waals surface area contributed by atoms with Gasteiger partial charge in [0.1, 0.15) is 0 Å². The Morgan fingerprint density at radius 3 is 3.00 bits per heavy atom. The van der Waals surface area contributed by atoms with E-state index < -0.39 is 0 Å². The normalized spacial score (nSPS) is 16.7. The van der Waals surface area contributed by atoms with E-state index in [4.69, 9.17) is 12.2 Å². The van der Waals surface area contributed by atoms with Gasteiger partial charge >= 0.3 is 0 Å². The van der Waals surface area contributed by atoms with Gasteiger partial charge in [0, 0.05) is 18.9 Å². The quantitative estimate of drug-likeness (QED) is 0.710. The standard InChI is InChI=1S/C9H14N2S/c12-9-10-5-7-11(9)6-1-2-8-3-4-8/h5,7-8H,1-4,6H2,(H,10,12). The molecule has 12 heavy (non-hydrogen) atoms. The van der Waals surface area contributed by atoms with Crippen molar-refractivity contribution >= 4 is 12.2 Å². The van der Waals surface area contributed by atoms with E-state index in [-0.39, 0.29) is 0 Å². The van der Waals surface area contributed by atoms with Gasteiger partial charge in [-0.05, 0) is 31.0 Å². The maximum atomic E-state index is 5.09. The van der Waals surface area contributed by atoms with E-state index in [2.05, 4.69) is 9.55 Å². The van der Waals surface area contributed by atoms with Crippen molar-refractivity contribution in [1.82, 2.24) is 9.55 Å². The van der Waals surface area contributed by atoms with Gasteiger partial charge < -0.3 is 9.55 Å². The molecule has 0 radical (unpaired) electrons. The summed E-state index contributed by atoms with van der Waals surface area (Å²) in [5.74, 6) is 1.04. The van der Waals surface area contributed by atoms with Crippen molar-refractivity contribution in [3.8, 4) is 0 Å². The third kappa shape index (κ3) is 1.97. The van der Waals surface area contributed by atoms with Crippen LogP contribution in [0.3, 0.4) is 0 Å². The van der Waals surface area contributed by atoms with Gasteiger partial charge in [0.15, 0.2) is 4.77 Å². The van der Waals surface area contributed by atoms with E-state index in [1.807, 2.05) is 12.4 Å². The number of nitrogens with one attached hydrogen (secondary N) is 1. The van der Waals surface area contributed by atoms with Gasteiger partial charge in [-0.3, -0.25) is 0 Å². The molecule has 0 aliphatic heterocycles. The molecular weight excluding hydrogens is 168 g/mol. The average Bonchev–Trinajstić information content (AvgIpc) is 2.78. The van der Waals surface area contributed by atoms with Crippen LogP contribution in [0.4, 0.5) is 0 Å². The second-order valence-electron chi connectivity index (χ2n) is 3.54. The van der Waals surface area contributed by atoms with Gasteiger partial charge in [-0.1, -0.05) is 12.8 Å². The molecule has 0 unspecified atom stereocenters. The summed E-state index contributed by atoms with van der Waals surface area (Å²) in [5.41, 5.74) is 0. The first kappa shape index (κ1) is 8.05. The zero-order valence-electron chi connectivity index (χ0n) is 7.12. The molecule has 1 aliphatic carbocycles. The lowest BCUT2D eigenvalue weighted by atomic mass is 10.2. The summed E-state index contributed by atoms with van der Waals surface area (Å²) in [6, 6.07) is 0. The molecular formula is C9H14N2S. The first-order valence-corrected chi connectivity index (χ1v) is 5.01. The van der Waals surface area contributed by atoms with Crippen LogP contribution in [0, 0.1) is 10.7 Å². The fourth-order valence-electron chi connectivity index (χ4n) is 1.48. The second kappa shape index (κ2) is 3.44. The fraction of sp³-hybridized carbons (Fsp3) is 0.667. The summed E-state index contributed by atoms with van der Waals surface area (Å²) >= 11 is 5.09. The number of H-pyrrole nitrogens is 1. The largest absolute Gasteiger partial charge is 0.337 e. The zero-order chi connectivity index (χ0) is 8.39. The summed E-state index contributed by atoms with van der Waals surface area (Å²) in [6.07, 6.45) is 9.50. The van der Waals surface area contributed by atoms with Crippen LogP contribution in [0.15, 0.2) is 12.4 Å². The Balaban J connectivity index is 1.78. The first-order valence-electron chi connectivity index (χ1n) is 4.60. The molecule has 0 amide bonds. The molecule has 3 heteroatoms. The Labute approximate surface area is 77.6 Å². The van der Waals surface area contributed by atoms with E-state index in [1.54, 1.807) is 0 Å². The van der Waals surface area contributed by atoms with Crippen LogP contribution in [0.5, 0.6) is 0 Å². The molecule has 1 aromatic rings. The molecule has 0 atom stereocenters. The zero-order valence-corrected chi connectivity index (χ0v) is 7.94. The molecule has 1 heterocycles. The molecule has 1 fully saturated rings. The van der Waals surface area contributed by atoms with Crippen molar-refractivity contribution in [2.75, 3.05) is 0 Å².